The van der Waals surface area contributed by atoms with Crippen LogP contribution in [0.2, 0.25) is 0 Å². The molecule has 0 saturated carbocycles. The topological polar surface area (TPSA) is 81.4 Å². The fourth-order valence-corrected chi connectivity index (χ4v) is 4.10. The molecule has 0 fully saturated rings. The second kappa shape index (κ2) is 12.0. The number of aromatic nitrogens is 4. The van der Waals surface area contributed by atoms with Gasteiger partial charge in [-0.2, -0.15) is 0 Å². The van der Waals surface area contributed by atoms with Gasteiger partial charge in [0.2, 0.25) is 11.9 Å². The van der Waals surface area contributed by atoms with Crippen molar-refractivity contribution in [1.82, 2.24) is 19.9 Å². The first-order valence-electron chi connectivity index (χ1n) is 11.3. The number of halogens is 2. The number of nitrogens with zero attached hydrogens (tertiary/aromatic N) is 2. The van der Waals surface area contributed by atoms with Crippen molar-refractivity contribution in [1.29, 1.82) is 0 Å². The fourth-order valence-electron chi connectivity index (χ4n) is 3.57. The molecule has 0 bridgehead atoms. The molecule has 0 unspecified atom stereocenters. The summed E-state index contributed by atoms with van der Waals surface area (Å²) in [7, 11) is 0. The summed E-state index contributed by atoms with van der Waals surface area (Å²) in [6.45, 7) is 1.85. The lowest BCUT2D eigenvalue weighted by Crippen LogP contribution is -2.04. The summed E-state index contributed by atoms with van der Waals surface area (Å²) >= 11 is 6.93. The molecule has 4 aromatic rings. The first-order valence-corrected chi connectivity index (χ1v) is 12.9. The number of unbranched alkanes of at least 4 members (excludes halogenated alkanes) is 4. The molecule has 8 heteroatoms. The zero-order chi connectivity index (χ0) is 22.9. The second-order valence-corrected chi connectivity index (χ2v) is 9.76. The highest BCUT2D eigenvalue weighted by Gasteiger charge is 2.04. The summed E-state index contributed by atoms with van der Waals surface area (Å²) < 4.78 is 2.15. The molecular formula is C25H28Br2N6. The summed E-state index contributed by atoms with van der Waals surface area (Å²) in [5, 5.41) is 6.77. The minimum atomic E-state index is 0.832. The number of aromatic amines is 2. The van der Waals surface area contributed by atoms with Crippen LogP contribution in [-0.4, -0.2) is 33.0 Å². The van der Waals surface area contributed by atoms with Crippen LogP contribution >= 0.6 is 31.9 Å². The average molecular weight is 572 g/mol. The molecule has 0 aliphatic rings. The summed E-state index contributed by atoms with van der Waals surface area (Å²) in [6.07, 6.45) is 9.67. The smallest absolute Gasteiger partial charge is 0.200 e. The maximum atomic E-state index is 4.43. The number of nitrogens with one attached hydrogen (secondary N) is 4. The van der Waals surface area contributed by atoms with Gasteiger partial charge in [-0.25, -0.2) is 9.97 Å². The van der Waals surface area contributed by atoms with E-state index in [4.69, 9.17) is 0 Å². The van der Waals surface area contributed by atoms with E-state index in [-0.39, 0.29) is 0 Å². The van der Waals surface area contributed by atoms with Crippen LogP contribution in [0.3, 0.4) is 0 Å². The predicted octanol–water partition coefficient (Wildman–Crippen LogP) is 7.47. The zero-order valence-corrected chi connectivity index (χ0v) is 21.5. The van der Waals surface area contributed by atoms with Gasteiger partial charge in [0.15, 0.2) is 0 Å². The molecule has 2 heterocycles. The number of anilines is 2. The SMILES string of the molecule is Brc1ccc(-c2cnc(NCCCCCCCNc3ncc(-c4ccc(Br)cc4)[nH]3)[nH]2)cc1. The van der Waals surface area contributed by atoms with Crippen molar-refractivity contribution < 1.29 is 0 Å². The van der Waals surface area contributed by atoms with Crippen molar-refractivity contribution in [3.8, 4) is 22.5 Å². The van der Waals surface area contributed by atoms with Crippen LogP contribution in [-0.2, 0) is 0 Å². The molecule has 4 rings (SSSR count). The van der Waals surface area contributed by atoms with Crippen LogP contribution < -0.4 is 10.6 Å². The van der Waals surface area contributed by atoms with Crippen LogP contribution in [0.4, 0.5) is 11.9 Å². The molecule has 0 aliphatic carbocycles. The minimum Gasteiger partial charge on any atom is -0.356 e. The highest BCUT2D eigenvalue weighted by molar-refractivity contribution is 9.10. The van der Waals surface area contributed by atoms with Gasteiger partial charge in [0, 0.05) is 22.0 Å². The van der Waals surface area contributed by atoms with Gasteiger partial charge in [-0.1, -0.05) is 75.4 Å². The molecule has 4 N–H and O–H groups in total. The summed E-state index contributed by atoms with van der Waals surface area (Å²) in [6, 6.07) is 16.4. The molecule has 2 aromatic heterocycles. The molecule has 0 radical (unpaired) electrons. The third kappa shape index (κ3) is 7.20. The first kappa shape index (κ1) is 23.6. The molecule has 0 amide bonds. The van der Waals surface area contributed by atoms with E-state index in [0.29, 0.717) is 0 Å². The lowest BCUT2D eigenvalue weighted by atomic mass is 10.1. The lowest BCUT2D eigenvalue weighted by Gasteiger charge is -2.05. The fraction of sp³-hybridized carbons (Fsp3) is 0.280. The Hall–Kier alpha value is -2.58. The van der Waals surface area contributed by atoms with Gasteiger partial charge in [-0.3, -0.25) is 0 Å². The summed E-state index contributed by atoms with van der Waals surface area (Å²) in [5.74, 6) is 1.66. The molecule has 33 heavy (non-hydrogen) atoms. The molecule has 0 saturated heterocycles. The Kier molecular flexibility index (Phi) is 8.60. The lowest BCUT2D eigenvalue weighted by molar-refractivity contribution is 0.634. The van der Waals surface area contributed by atoms with Gasteiger partial charge in [0.05, 0.1) is 23.8 Å². The quantitative estimate of drug-likeness (QED) is 0.133. The van der Waals surface area contributed by atoms with Gasteiger partial charge in [0.25, 0.3) is 0 Å². The second-order valence-electron chi connectivity index (χ2n) is 7.93. The zero-order valence-electron chi connectivity index (χ0n) is 18.4. The molecule has 0 atom stereocenters. The Balaban J connectivity index is 1.06. The van der Waals surface area contributed by atoms with E-state index in [1.807, 2.05) is 36.7 Å². The van der Waals surface area contributed by atoms with Crippen molar-refractivity contribution in [2.75, 3.05) is 23.7 Å². The number of rotatable bonds is 12. The number of benzene rings is 2. The van der Waals surface area contributed by atoms with Crippen molar-refractivity contribution >= 4 is 43.8 Å². The standard InChI is InChI=1S/C25H28Br2N6/c26-20-10-6-18(7-11-20)22-16-30-24(32-22)28-14-4-2-1-3-5-15-29-25-31-17-23(33-25)19-8-12-21(27)13-9-19/h6-13,16-17H,1-5,14-15H2,(H2,28,30,32)(H2,29,31,33). The molecule has 0 spiro atoms. The van der Waals surface area contributed by atoms with E-state index < -0.39 is 0 Å². The van der Waals surface area contributed by atoms with Gasteiger partial charge in [-0.15, -0.1) is 0 Å². The van der Waals surface area contributed by atoms with Crippen LogP contribution in [0, 0.1) is 0 Å². The predicted molar refractivity (Wildman–Crippen MR) is 144 cm³/mol. The van der Waals surface area contributed by atoms with Crippen LogP contribution in [0.25, 0.3) is 22.5 Å². The van der Waals surface area contributed by atoms with Gasteiger partial charge in [-0.05, 0) is 48.2 Å². The Morgan fingerprint density at radius 3 is 1.39 bits per heavy atom. The van der Waals surface area contributed by atoms with Crippen molar-refractivity contribution in [2.24, 2.45) is 0 Å². The molecular weight excluding hydrogens is 544 g/mol. The number of H-pyrrole nitrogens is 2. The normalized spacial score (nSPS) is 11.0. The van der Waals surface area contributed by atoms with E-state index >= 15 is 0 Å². The van der Waals surface area contributed by atoms with Crippen molar-refractivity contribution in [3.63, 3.8) is 0 Å². The minimum absolute atomic E-state index is 0.832. The molecule has 0 aliphatic heterocycles. The highest BCUT2D eigenvalue weighted by Crippen LogP contribution is 2.22. The maximum Gasteiger partial charge on any atom is 0.200 e. The van der Waals surface area contributed by atoms with E-state index in [1.165, 1.54) is 19.3 Å². The van der Waals surface area contributed by atoms with Gasteiger partial charge >= 0.3 is 0 Å². The highest BCUT2D eigenvalue weighted by atomic mass is 79.9. The third-order valence-electron chi connectivity index (χ3n) is 5.40. The van der Waals surface area contributed by atoms with E-state index in [0.717, 1.165) is 69.3 Å². The van der Waals surface area contributed by atoms with Gasteiger partial charge < -0.3 is 20.6 Å². The number of hydrogen-bond acceptors (Lipinski definition) is 4. The molecule has 6 nitrogen and oxygen atoms in total. The Labute approximate surface area is 211 Å². The monoisotopic (exact) mass is 570 g/mol. The van der Waals surface area contributed by atoms with Crippen LogP contribution in [0.15, 0.2) is 69.9 Å². The largest absolute Gasteiger partial charge is 0.356 e. The third-order valence-corrected chi connectivity index (χ3v) is 6.46. The van der Waals surface area contributed by atoms with Crippen LogP contribution in [0.5, 0.6) is 0 Å². The van der Waals surface area contributed by atoms with Crippen molar-refractivity contribution in [3.05, 3.63) is 69.9 Å². The number of hydrogen-bond donors (Lipinski definition) is 4. The first-order chi connectivity index (χ1) is 16.2. The van der Waals surface area contributed by atoms with E-state index in [2.05, 4.69) is 86.7 Å². The van der Waals surface area contributed by atoms with E-state index in [9.17, 15) is 0 Å². The van der Waals surface area contributed by atoms with Crippen LogP contribution in [0.1, 0.15) is 32.1 Å². The maximum absolute atomic E-state index is 4.43. The summed E-state index contributed by atoms with van der Waals surface area (Å²) in [5.41, 5.74) is 4.31. The number of imidazole rings is 2. The average Bonchev–Trinajstić information content (AvgIpc) is 3.49. The van der Waals surface area contributed by atoms with Crippen molar-refractivity contribution in [2.45, 2.75) is 32.1 Å². The van der Waals surface area contributed by atoms with E-state index in [1.54, 1.807) is 0 Å². The Bertz CT molecular complexity index is 1030. The molecule has 2 aromatic carbocycles. The molecule has 172 valence electrons. The van der Waals surface area contributed by atoms with Gasteiger partial charge in [0.1, 0.15) is 0 Å². The Morgan fingerprint density at radius 2 is 0.970 bits per heavy atom. The Morgan fingerprint density at radius 1 is 0.576 bits per heavy atom. The summed E-state index contributed by atoms with van der Waals surface area (Å²) in [4.78, 5) is 15.5.